The summed E-state index contributed by atoms with van der Waals surface area (Å²) >= 11 is 0. The molecule has 1 amide bonds. The van der Waals surface area contributed by atoms with Gasteiger partial charge in [-0.3, -0.25) is 9.48 Å². The number of nitrogens with zero attached hydrogens (tertiary/aromatic N) is 3. The Hall–Kier alpha value is -4.07. The second-order valence-electron chi connectivity index (χ2n) is 14.4. The van der Waals surface area contributed by atoms with Gasteiger partial charge in [-0.2, -0.15) is 5.10 Å². The van der Waals surface area contributed by atoms with E-state index in [1.807, 2.05) is 52.5 Å². The van der Waals surface area contributed by atoms with Gasteiger partial charge in [-0.1, -0.05) is 0 Å². The first-order chi connectivity index (χ1) is 24.3. The van der Waals surface area contributed by atoms with Gasteiger partial charge in [0.1, 0.15) is 45.9 Å². The number of ketones is 1. The van der Waals surface area contributed by atoms with Gasteiger partial charge in [0, 0.05) is 70.2 Å². The molecule has 0 radical (unpaired) electrons. The van der Waals surface area contributed by atoms with Gasteiger partial charge in [-0.25, -0.2) is 13.6 Å². The average Bonchev–Trinajstić information content (AvgIpc) is 3.49. The number of amides is 1. The molecule has 11 nitrogen and oxygen atoms in total. The first kappa shape index (κ1) is 36.7. The molecule has 1 unspecified atom stereocenters. The number of ether oxygens (including phenoxy) is 5. The molecule has 13 heteroatoms. The standard InChI is InChI=1S/C23H32FNO6.C15H16FN3O/c1-6-28-20(29-7-2)18-19(26)16-14-15(24)8-9-17(16)30-23(18)10-12-25(13-11-23)21(27)31-22(3,4)5;1-19-14-11-8-10(16)2-3-13(11)20-15(12(14)9-18-19)4-6-17-7-5-15/h8-9,14,18,20H,6-7,10-13H2,1-5H3;2-3,8-9,17H,4-7H2,1H3. The Labute approximate surface area is 297 Å². The number of hydrogen-bond acceptors (Lipinski definition) is 9. The van der Waals surface area contributed by atoms with Crippen LogP contribution in [0.2, 0.25) is 0 Å². The second kappa shape index (κ2) is 14.5. The zero-order valence-corrected chi connectivity index (χ0v) is 30.2. The van der Waals surface area contributed by atoms with Crippen molar-refractivity contribution in [2.45, 2.75) is 83.4 Å². The molecule has 1 N–H and O–H groups in total. The van der Waals surface area contributed by atoms with Crippen LogP contribution in [0.15, 0.2) is 42.6 Å². The van der Waals surface area contributed by atoms with Crippen molar-refractivity contribution in [1.29, 1.82) is 0 Å². The predicted octanol–water partition coefficient (Wildman–Crippen LogP) is 6.38. The smallest absolute Gasteiger partial charge is 0.410 e. The zero-order chi connectivity index (χ0) is 36.6. The summed E-state index contributed by atoms with van der Waals surface area (Å²) in [7, 11) is 1.90. The highest BCUT2D eigenvalue weighted by atomic mass is 19.1. The van der Waals surface area contributed by atoms with Gasteiger partial charge in [0.2, 0.25) is 0 Å². The maximum absolute atomic E-state index is 13.9. The minimum Gasteiger partial charge on any atom is -0.485 e. The first-order valence-corrected chi connectivity index (χ1v) is 17.8. The van der Waals surface area contributed by atoms with Crippen LogP contribution in [-0.2, 0) is 26.9 Å². The molecule has 2 saturated heterocycles. The number of likely N-dealkylation sites (tertiary alicyclic amines) is 1. The number of Topliss-reactive ketones (excluding diaryl/α,β-unsaturated/α-hetero) is 1. The molecule has 2 spiro atoms. The summed E-state index contributed by atoms with van der Waals surface area (Å²) in [5, 5.41) is 7.73. The third-order valence-corrected chi connectivity index (χ3v) is 9.91. The van der Waals surface area contributed by atoms with Gasteiger partial charge in [0.25, 0.3) is 0 Å². The normalized spacial score (nSPS) is 20.1. The number of benzene rings is 2. The molecule has 5 heterocycles. The van der Waals surface area contributed by atoms with Crippen molar-refractivity contribution in [3.63, 3.8) is 0 Å². The second-order valence-corrected chi connectivity index (χ2v) is 14.4. The highest BCUT2D eigenvalue weighted by molar-refractivity contribution is 6.02. The van der Waals surface area contributed by atoms with E-state index in [4.69, 9.17) is 23.7 Å². The fourth-order valence-corrected chi connectivity index (χ4v) is 7.55. The van der Waals surface area contributed by atoms with Gasteiger partial charge >= 0.3 is 6.09 Å². The van der Waals surface area contributed by atoms with Crippen molar-refractivity contribution in [2.75, 3.05) is 39.4 Å². The van der Waals surface area contributed by atoms with Crippen LogP contribution in [0.1, 0.15) is 76.2 Å². The lowest BCUT2D eigenvalue weighted by molar-refractivity contribution is -0.198. The van der Waals surface area contributed by atoms with Gasteiger partial charge in [-0.05, 0) is 84.1 Å². The van der Waals surface area contributed by atoms with E-state index in [0.717, 1.165) is 48.5 Å². The Balaban J connectivity index is 0.000000191. The molecule has 1 aromatic heterocycles. The number of hydrogen-bond donors (Lipinski definition) is 1. The van der Waals surface area contributed by atoms with Gasteiger partial charge in [0.05, 0.1) is 17.5 Å². The minimum atomic E-state index is -0.921. The van der Waals surface area contributed by atoms with Crippen molar-refractivity contribution >= 4 is 11.9 Å². The molecule has 276 valence electrons. The van der Waals surface area contributed by atoms with Crippen molar-refractivity contribution < 1.29 is 42.1 Å². The topological polar surface area (TPSA) is 113 Å². The number of carbonyl (C=O) groups is 2. The van der Waals surface area contributed by atoms with Gasteiger partial charge in [0.15, 0.2) is 12.1 Å². The summed E-state index contributed by atoms with van der Waals surface area (Å²) < 4.78 is 59.0. The molecular weight excluding hydrogens is 662 g/mol. The first-order valence-electron chi connectivity index (χ1n) is 17.8. The SMILES string of the molecule is CCOC(OCC)C1C(=O)c2cc(F)ccc2OC12CCN(C(=O)OC(C)(C)C)CC2.Cn1ncc2c1-c1cc(F)ccc1OC21CCNCC1. The molecule has 0 aliphatic carbocycles. The Bertz CT molecular complexity index is 1740. The monoisotopic (exact) mass is 710 g/mol. The van der Waals surface area contributed by atoms with E-state index in [9.17, 15) is 18.4 Å². The number of rotatable bonds is 5. The fraction of sp³-hybridized carbons (Fsp3) is 0.553. The number of nitrogens with one attached hydrogen (secondary N) is 1. The predicted molar refractivity (Wildman–Crippen MR) is 185 cm³/mol. The molecule has 2 fully saturated rings. The van der Waals surface area contributed by atoms with Crippen molar-refractivity contribution in [1.82, 2.24) is 20.0 Å². The average molecular weight is 711 g/mol. The molecule has 4 aliphatic rings. The lowest BCUT2D eigenvalue weighted by Crippen LogP contribution is -2.61. The molecule has 51 heavy (non-hydrogen) atoms. The van der Waals surface area contributed by atoms with Crippen LogP contribution in [0.5, 0.6) is 11.5 Å². The molecular formula is C38H48F2N4O7. The highest BCUT2D eigenvalue weighted by Gasteiger charge is 2.56. The number of piperidine rings is 2. The quantitative estimate of drug-likeness (QED) is 0.302. The molecule has 0 saturated carbocycles. The van der Waals surface area contributed by atoms with E-state index < -0.39 is 35.3 Å². The van der Waals surface area contributed by atoms with E-state index in [-0.39, 0.29) is 22.8 Å². The lowest BCUT2D eigenvalue weighted by Gasteiger charge is -2.49. The molecule has 7 rings (SSSR count). The van der Waals surface area contributed by atoms with E-state index >= 15 is 0 Å². The number of fused-ring (bicyclic) bond motifs is 5. The largest absolute Gasteiger partial charge is 0.485 e. The third kappa shape index (κ3) is 7.33. The maximum Gasteiger partial charge on any atom is 0.410 e. The van der Waals surface area contributed by atoms with Crippen LogP contribution in [0.3, 0.4) is 0 Å². The summed E-state index contributed by atoms with van der Waals surface area (Å²) in [4.78, 5) is 27.7. The van der Waals surface area contributed by atoms with E-state index in [1.165, 1.54) is 30.3 Å². The van der Waals surface area contributed by atoms with Gasteiger partial charge in [-0.15, -0.1) is 0 Å². The Kier molecular flexibility index (Phi) is 10.4. The summed E-state index contributed by atoms with van der Waals surface area (Å²) in [5.41, 5.74) is 1.21. The molecule has 0 bridgehead atoms. The van der Waals surface area contributed by atoms with Crippen LogP contribution in [0.25, 0.3) is 11.3 Å². The number of halogens is 2. The van der Waals surface area contributed by atoms with Gasteiger partial charge < -0.3 is 33.9 Å². The van der Waals surface area contributed by atoms with Crippen LogP contribution < -0.4 is 14.8 Å². The van der Waals surface area contributed by atoms with Crippen molar-refractivity contribution in [2.24, 2.45) is 13.0 Å². The van der Waals surface area contributed by atoms with E-state index in [1.54, 1.807) is 11.0 Å². The highest BCUT2D eigenvalue weighted by Crippen LogP contribution is 2.49. The van der Waals surface area contributed by atoms with Crippen molar-refractivity contribution in [3.05, 3.63) is 65.4 Å². The molecule has 2 aromatic carbocycles. The molecule has 3 aromatic rings. The zero-order valence-electron chi connectivity index (χ0n) is 30.2. The third-order valence-electron chi connectivity index (χ3n) is 9.91. The van der Waals surface area contributed by atoms with Crippen LogP contribution in [0, 0.1) is 17.6 Å². The minimum absolute atomic E-state index is 0.189. The van der Waals surface area contributed by atoms with Crippen molar-refractivity contribution in [3.8, 4) is 22.8 Å². The van der Waals surface area contributed by atoms with Crippen LogP contribution in [0.4, 0.5) is 13.6 Å². The van der Waals surface area contributed by atoms with E-state index in [0.29, 0.717) is 44.9 Å². The Morgan fingerprint density at radius 2 is 1.55 bits per heavy atom. The Morgan fingerprint density at radius 3 is 2.14 bits per heavy atom. The van der Waals surface area contributed by atoms with Crippen LogP contribution >= 0.6 is 0 Å². The number of aryl methyl sites for hydroxylation is 1. The molecule has 4 aliphatic heterocycles. The summed E-state index contributed by atoms with van der Waals surface area (Å²) in [6.45, 7) is 12.4. The van der Waals surface area contributed by atoms with E-state index in [2.05, 4.69) is 10.4 Å². The fourth-order valence-electron chi connectivity index (χ4n) is 7.55. The summed E-state index contributed by atoms with van der Waals surface area (Å²) in [5.74, 6) is -0.694. The lowest BCUT2D eigenvalue weighted by atomic mass is 9.73. The molecule has 1 atom stereocenters. The Morgan fingerprint density at radius 1 is 0.961 bits per heavy atom. The number of carbonyl (C=O) groups excluding carboxylic acids is 2. The summed E-state index contributed by atoms with van der Waals surface area (Å²) in [6, 6.07) is 8.67. The van der Waals surface area contributed by atoms with Crippen LogP contribution in [-0.4, -0.2) is 83.4 Å². The summed E-state index contributed by atoms with van der Waals surface area (Å²) in [6.07, 6.45) is 3.26. The maximum atomic E-state index is 13.9. The number of aromatic nitrogens is 2.